The van der Waals surface area contributed by atoms with Crippen molar-refractivity contribution in [1.82, 2.24) is 30.9 Å². The number of nitrogens with one attached hydrogen (secondary N) is 5. The van der Waals surface area contributed by atoms with Crippen LogP contribution in [0, 0.1) is 11.8 Å². The summed E-state index contributed by atoms with van der Waals surface area (Å²) in [5, 5.41) is 18.9. The molecule has 222 valence electrons. The first-order valence-corrected chi connectivity index (χ1v) is 14.0. The topological polar surface area (TPSA) is 195 Å². The second-order valence-electron chi connectivity index (χ2n) is 10.6. The largest absolute Gasteiger partial charge is 0.480 e. The van der Waals surface area contributed by atoms with Crippen molar-refractivity contribution in [3.8, 4) is 0 Å². The summed E-state index contributed by atoms with van der Waals surface area (Å²) in [6.45, 7) is 7.39. The summed E-state index contributed by atoms with van der Waals surface area (Å²) in [4.78, 5) is 61.9. The summed E-state index contributed by atoms with van der Waals surface area (Å²) in [6.07, 6.45) is 6.21. The Hall–Kier alpha value is -4.19. The van der Waals surface area contributed by atoms with Crippen LogP contribution in [0.4, 0.5) is 0 Å². The average molecular weight is 568 g/mol. The van der Waals surface area contributed by atoms with Gasteiger partial charge in [-0.25, -0.2) is 9.78 Å². The summed E-state index contributed by atoms with van der Waals surface area (Å²) in [5.74, 6) is -3.40. The predicted molar refractivity (Wildman–Crippen MR) is 155 cm³/mol. The molecule has 0 bridgehead atoms. The van der Waals surface area contributed by atoms with Gasteiger partial charge in [0, 0.05) is 41.8 Å². The number of carboxylic acid groups (broad SMARTS) is 1. The maximum atomic E-state index is 13.5. The molecule has 1 aromatic carbocycles. The molecular formula is C29H41N7O5. The molecule has 3 aromatic rings. The molecule has 0 fully saturated rings. The van der Waals surface area contributed by atoms with Crippen LogP contribution in [0.15, 0.2) is 43.0 Å². The van der Waals surface area contributed by atoms with E-state index in [2.05, 4.69) is 30.9 Å². The van der Waals surface area contributed by atoms with E-state index in [1.807, 2.05) is 45.0 Å². The molecule has 6 atom stereocenters. The van der Waals surface area contributed by atoms with Crippen molar-refractivity contribution in [2.75, 3.05) is 0 Å². The Kier molecular flexibility index (Phi) is 11.0. The highest BCUT2D eigenvalue weighted by atomic mass is 16.4. The van der Waals surface area contributed by atoms with Crippen LogP contribution in [-0.2, 0) is 32.0 Å². The smallest absolute Gasteiger partial charge is 0.326 e. The zero-order chi connectivity index (χ0) is 30.1. The van der Waals surface area contributed by atoms with Gasteiger partial charge in [0.2, 0.25) is 17.7 Å². The molecule has 0 saturated carbocycles. The Morgan fingerprint density at radius 1 is 0.902 bits per heavy atom. The second-order valence-corrected chi connectivity index (χ2v) is 10.6. The third-order valence-corrected chi connectivity index (χ3v) is 7.63. The van der Waals surface area contributed by atoms with Crippen LogP contribution in [0.1, 0.15) is 51.8 Å². The minimum atomic E-state index is -1.21. The summed E-state index contributed by atoms with van der Waals surface area (Å²) < 4.78 is 0. The second kappa shape index (κ2) is 14.4. The van der Waals surface area contributed by atoms with E-state index in [4.69, 9.17) is 5.73 Å². The number of aromatic nitrogens is 3. The van der Waals surface area contributed by atoms with Gasteiger partial charge in [-0.15, -0.1) is 0 Å². The molecule has 0 saturated heterocycles. The molecule has 41 heavy (non-hydrogen) atoms. The number of carbonyl (C=O) groups is 4. The molecule has 3 rings (SSSR count). The van der Waals surface area contributed by atoms with Crippen LogP contribution in [0.25, 0.3) is 10.9 Å². The van der Waals surface area contributed by atoms with Gasteiger partial charge in [0.1, 0.15) is 18.1 Å². The molecule has 0 aliphatic carbocycles. The third kappa shape index (κ3) is 8.16. The van der Waals surface area contributed by atoms with E-state index in [0.717, 1.165) is 16.5 Å². The van der Waals surface area contributed by atoms with Crippen molar-refractivity contribution in [3.63, 3.8) is 0 Å². The Labute approximate surface area is 239 Å². The van der Waals surface area contributed by atoms with E-state index >= 15 is 0 Å². The fraction of sp³-hybridized carbons (Fsp3) is 0.483. The van der Waals surface area contributed by atoms with E-state index in [0.29, 0.717) is 18.5 Å². The Balaban J connectivity index is 1.73. The monoisotopic (exact) mass is 567 g/mol. The van der Waals surface area contributed by atoms with E-state index in [1.165, 1.54) is 6.33 Å². The van der Waals surface area contributed by atoms with Gasteiger partial charge in [0.05, 0.1) is 12.4 Å². The average Bonchev–Trinajstić information content (AvgIpc) is 3.63. The number of nitrogens with two attached hydrogens (primary N) is 1. The zero-order valence-electron chi connectivity index (χ0n) is 23.9. The lowest BCUT2D eigenvalue weighted by molar-refractivity contribution is -0.142. The lowest BCUT2D eigenvalue weighted by Crippen LogP contribution is -2.60. The zero-order valence-corrected chi connectivity index (χ0v) is 23.9. The number of carbonyl (C=O) groups excluding carboxylic acids is 3. The van der Waals surface area contributed by atoms with Crippen molar-refractivity contribution in [2.24, 2.45) is 17.6 Å². The fourth-order valence-electron chi connectivity index (χ4n) is 4.62. The summed E-state index contributed by atoms with van der Waals surface area (Å²) in [6, 6.07) is 3.42. The summed E-state index contributed by atoms with van der Waals surface area (Å²) >= 11 is 0. The number of hydrogen-bond donors (Lipinski definition) is 7. The van der Waals surface area contributed by atoms with Crippen molar-refractivity contribution in [3.05, 3.63) is 54.2 Å². The number of benzene rings is 1. The number of rotatable bonds is 15. The quantitative estimate of drug-likeness (QED) is 0.145. The van der Waals surface area contributed by atoms with Crippen LogP contribution >= 0.6 is 0 Å². The number of fused-ring (bicyclic) bond motifs is 1. The van der Waals surface area contributed by atoms with Gasteiger partial charge in [0.15, 0.2) is 0 Å². The van der Waals surface area contributed by atoms with Crippen LogP contribution in [0.2, 0.25) is 0 Å². The van der Waals surface area contributed by atoms with E-state index in [-0.39, 0.29) is 24.7 Å². The first-order chi connectivity index (χ1) is 19.5. The lowest BCUT2D eigenvalue weighted by Gasteiger charge is -2.30. The molecule has 2 heterocycles. The number of para-hydroxylation sites is 1. The minimum Gasteiger partial charge on any atom is -0.480 e. The van der Waals surface area contributed by atoms with E-state index in [1.54, 1.807) is 19.3 Å². The molecule has 0 aliphatic heterocycles. The molecule has 12 heteroatoms. The van der Waals surface area contributed by atoms with Crippen molar-refractivity contribution < 1.29 is 24.3 Å². The number of H-pyrrole nitrogens is 2. The fourth-order valence-corrected chi connectivity index (χ4v) is 4.62. The number of aromatic amines is 2. The number of nitrogens with zero attached hydrogens (tertiary/aromatic N) is 1. The lowest BCUT2D eigenvalue weighted by atomic mass is 9.94. The number of imidazole rings is 1. The molecule has 12 nitrogen and oxygen atoms in total. The normalized spacial score (nSPS) is 15.7. The molecule has 2 aromatic heterocycles. The SMILES string of the molecule is CCC(C)C(NC(=O)C(N)Cc1cnc[nH]1)C(=O)NC(C(=O)NC(Cc1c[nH]c2ccccc12)C(=O)O)C(C)CC. The van der Waals surface area contributed by atoms with Crippen molar-refractivity contribution in [2.45, 2.75) is 77.5 Å². The van der Waals surface area contributed by atoms with Gasteiger partial charge in [-0.3, -0.25) is 14.4 Å². The molecule has 6 unspecified atom stereocenters. The molecule has 0 spiro atoms. The highest BCUT2D eigenvalue weighted by Gasteiger charge is 2.34. The molecular weight excluding hydrogens is 526 g/mol. The van der Waals surface area contributed by atoms with Crippen LogP contribution in [0.3, 0.4) is 0 Å². The molecule has 0 radical (unpaired) electrons. The molecule has 0 aliphatic rings. The number of hydrogen-bond acceptors (Lipinski definition) is 6. The van der Waals surface area contributed by atoms with Crippen molar-refractivity contribution >= 4 is 34.6 Å². The number of aliphatic carboxylic acids is 1. The van der Waals surface area contributed by atoms with E-state index < -0.39 is 47.9 Å². The Morgan fingerprint density at radius 2 is 1.51 bits per heavy atom. The number of amides is 3. The highest BCUT2D eigenvalue weighted by molar-refractivity contribution is 5.94. The highest BCUT2D eigenvalue weighted by Crippen LogP contribution is 2.20. The standard InChI is InChI=1S/C29H41N7O5/c1-5-16(3)24(27(38)34-23(29(40)41)11-18-13-32-22-10-8-7-9-20(18)22)36-28(39)25(17(4)6-2)35-26(37)21(30)12-19-14-31-15-33-19/h7-10,13-17,21,23-25,32H,5-6,11-12,30H2,1-4H3,(H,31,33)(H,34,38)(H,35,37)(H,36,39)(H,40,41). The summed E-state index contributed by atoms with van der Waals surface area (Å²) in [5.41, 5.74) is 8.38. The Bertz CT molecular complexity index is 1320. The maximum Gasteiger partial charge on any atom is 0.326 e. The molecule has 8 N–H and O–H groups in total. The number of carboxylic acids is 1. The van der Waals surface area contributed by atoms with Gasteiger partial charge < -0.3 is 36.8 Å². The maximum absolute atomic E-state index is 13.5. The first-order valence-electron chi connectivity index (χ1n) is 14.0. The summed E-state index contributed by atoms with van der Waals surface area (Å²) in [7, 11) is 0. The molecule has 3 amide bonds. The van der Waals surface area contributed by atoms with Crippen LogP contribution in [-0.4, -0.2) is 67.9 Å². The predicted octanol–water partition coefficient (Wildman–Crippen LogP) is 1.63. The van der Waals surface area contributed by atoms with Gasteiger partial charge >= 0.3 is 5.97 Å². The van der Waals surface area contributed by atoms with Crippen LogP contribution in [0.5, 0.6) is 0 Å². The Morgan fingerprint density at radius 3 is 2.10 bits per heavy atom. The van der Waals surface area contributed by atoms with Gasteiger partial charge in [-0.1, -0.05) is 58.7 Å². The van der Waals surface area contributed by atoms with Crippen molar-refractivity contribution in [1.29, 1.82) is 0 Å². The van der Waals surface area contributed by atoms with Gasteiger partial charge in [-0.2, -0.15) is 0 Å². The third-order valence-electron chi connectivity index (χ3n) is 7.63. The van der Waals surface area contributed by atoms with Crippen LogP contribution < -0.4 is 21.7 Å². The minimum absolute atomic E-state index is 0.0615. The first kappa shape index (κ1) is 31.3. The van der Waals surface area contributed by atoms with Gasteiger partial charge in [-0.05, 0) is 23.5 Å². The van der Waals surface area contributed by atoms with E-state index in [9.17, 15) is 24.3 Å². The van der Waals surface area contributed by atoms with Gasteiger partial charge in [0.25, 0.3) is 0 Å².